The fourth-order valence-electron chi connectivity index (χ4n) is 1.98. The number of rotatable bonds is 4. The highest BCUT2D eigenvalue weighted by atomic mass is 79.9. The van der Waals surface area contributed by atoms with Crippen molar-refractivity contribution in [2.75, 3.05) is 0 Å². The van der Waals surface area contributed by atoms with Crippen LogP contribution in [-0.4, -0.2) is 15.6 Å². The minimum absolute atomic E-state index is 0.0219. The molecule has 0 aliphatic carbocycles. The van der Waals surface area contributed by atoms with E-state index in [-0.39, 0.29) is 17.8 Å². The molecule has 20 heavy (non-hydrogen) atoms. The molecule has 0 spiro atoms. The van der Waals surface area contributed by atoms with E-state index in [1.165, 1.54) is 0 Å². The Morgan fingerprint density at radius 3 is 2.40 bits per heavy atom. The molecule has 0 bridgehead atoms. The molecule has 0 saturated carbocycles. The summed E-state index contributed by atoms with van der Waals surface area (Å²) in [5.41, 5.74) is 1.56. The van der Waals surface area contributed by atoms with Gasteiger partial charge in [0, 0.05) is 18.7 Å². The smallest absolute Gasteiger partial charge is 0.169 e. The largest absolute Gasteiger partial charge is 0.294 e. The summed E-state index contributed by atoms with van der Waals surface area (Å²) in [4.78, 5) is 12.1. The highest BCUT2D eigenvalue weighted by molar-refractivity contribution is 9.10. The van der Waals surface area contributed by atoms with Crippen molar-refractivity contribution in [2.45, 2.75) is 19.8 Å². The van der Waals surface area contributed by atoms with E-state index in [4.69, 9.17) is 0 Å². The fraction of sp³-hybridized carbons (Fsp3) is 0.286. The van der Waals surface area contributed by atoms with Crippen LogP contribution in [0.1, 0.15) is 28.7 Å². The number of benzene rings is 1. The SMILES string of the molecule is CCc1nn(C)c(CC(=O)c2cc(F)cc(F)c2)c1Br. The Balaban J connectivity index is 2.30. The molecule has 0 unspecified atom stereocenters. The monoisotopic (exact) mass is 342 g/mol. The predicted molar refractivity (Wildman–Crippen MR) is 74.7 cm³/mol. The number of carbonyl (C=O) groups is 1. The third-order valence-corrected chi connectivity index (χ3v) is 3.93. The molecule has 106 valence electrons. The van der Waals surface area contributed by atoms with Crippen molar-refractivity contribution >= 4 is 21.7 Å². The van der Waals surface area contributed by atoms with Crippen molar-refractivity contribution < 1.29 is 13.6 Å². The minimum Gasteiger partial charge on any atom is -0.294 e. The van der Waals surface area contributed by atoms with E-state index in [0.29, 0.717) is 5.69 Å². The molecule has 1 heterocycles. The molecule has 0 fully saturated rings. The van der Waals surface area contributed by atoms with Gasteiger partial charge in [-0.3, -0.25) is 9.48 Å². The first-order chi connectivity index (χ1) is 9.42. The van der Waals surface area contributed by atoms with Crippen LogP contribution in [0.2, 0.25) is 0 Å². The van der Waals surface area contributed by atoms with Gasteiger partial charge >= 0.3 is 0 Å². The maximum absolute atomic E-state index is 13.1. The molecule has 0 amide bonds. The third kappa shape index (κ3) is 2.95. The molecule has 1 aromatic carbocycles. The van der Waals surface area contributed by atoms with Gasteiger partial charge in [0.05, 0.1) is 22.3 Å². The van der Waals surface area contributed by atoms with Crippen LogP contribution in [0, 0.1) is 11.6 Å². The Labute approximate surface area is 123 Å². The number of ketones is 1. The molecule has 2 rings (SSSR count). The van der Waals surface area contributed by atoms with Crippen molar-refractivity contribution in [2.24, 2.45) is 7.05 Å². The highest BCUT2D eigenvalue weighted by Crippen LogP contribution is 2.23. The normalized spacial score (nSPS) is 10.8. The topological polar surface area (TPSA) is 34.9 Å². The van der Waals surface area contributed by atoms with E-state index in [2.05, 4.69) is 21.0 Å². The number of Topliss-reactive ketones (excluding diaryl/α,β-unsaturated/α-hetero) is 1. The van der Waals surface area contributed by atoms with Gasteiger partial charge in [-0.15, -0.1) is 0 Å². The Kier molecular flexibility index (Phi) is 4.32. The maximum atomic E-state index is 13.1. The maximum Gasteiger partial charge on any atom is 0.169 e. The molecule has 0 atom stereocenters. The lowest BCUT2D eigenvalue weighted by atomic mass is 10.1. The van der Waals surface area contributed by atoms with Gasteiger partial charge in [-0.25, -0.2) is 8.78 Å². The second kappa shape index (κ2) is 5.83. The van der Waals surface area contributed by atoms with Crippen molar-refractivity contribution in [1.82, 2.24) is 9.78 Å². The van der Waals surface area contributed by atoms with Gasteiger partial charge < -0.3 is 0 Å². The lowest BCUT2D eigenvalue weighted by Crippen LogP contribution is -2.09. The van der Waals surface area contributed by atoms with Gasteiger partial charge in [0.1, 0.15) is 11.6 Å². The average molecular weight is 343 g/mol. The van der Waals surface area contributed by atoms with E-state index in [0.717, 1.165) is 34.8 Å². The molecule has 0 saturated heterocycles. The Morgan fingerprint density at radius 2 is 1.90 bits per heavy atom. The number of nitrogens with zero attached hydrogens (tertiary/aromatic N) is 2. The molecule has 0 aliphatic heterocycles. The molecule has 0 radical (unpaired) electrons. The minimum atomic E-state index is -0.758. The van der Waals surface area contributed by atoms with Gasteiger partial charge in [0.2, 0.25) is 0 Å². The van der Waals surface area contributed by atoms with Crippen LogP contribution >= 0.6 is 15.9 Å². The predicted octanol–water partition coefficient (Wildman–Crippen LogP) is 3.45. The van der Waals surface area contributed by atoms with Crippen LogP contribution < -0.4 is 0 Å². The average Bonchev–Trinajstić information content (AvgIpc) is 2.65. The summed E-state index contributed by atoms with van der Waals surface area (Å²) < 4.78 is 28.6. The second-order valence-corrected chi connectivity index (χ2v) is 5.24. The number of carbonyl (C=O) groups excluding carboxylic acids is 1. The van der Waals surface area contributed by atoms with E-state index < -0.39 is 11.6 Å². The van der Waals surface area contributed by atoms with Crippen molar-refractivity contribution in [1.29, 1.82) is 0 Å². The van der Waals surface area contributed by atoms with Crippen molar-refractivity contribution in [3.05, 3.63) is 51.3 Å². The van der Waals surface area contributed by atoms with Crippen LogP contribution in [0.5, 0.6) is 0 Å². The summed E-state index contributed by atoms with van der Waals surface area (Å²) in [6.45, 7) is 1.96. The zero-order chi connectivity index (χ0) is 14.9. The van der Waals surface area contributed by atoms with E-state index in [1.54, 1.807) is 11.7 Å². The quantitative estimate of drug-likeness (QED) is 0.797. The molecule has 2 aromatic rings. The van der Waals surface area contributed by atoms with Crippen LogP contribution in [0.15, 0.2) is 22.7 Å². The summed E-state index contributed by atoms with van der Waals surface area (Å²) in [6, 6.07) is 2.82. The van der Waals surface area contributed by atoms with Crippen LogP contribution in [0.3, 0.4) is 0 Å². The summed E-state index contributed by atoms with van der Waals surface area (Å²) in [5.74, 6) is -1.87. The lowest BCUT2D eigenvalue weighted by Gasteiger charge is -2.04. The van der Waals surface area contributed by atoms with E-state index >= 15 is 0 Å². The van der Waals surface area contributed by atoms with Crippen LogP contribution in [-0.2, 0) is 19.9 Å². The zero-order valence-electron chi connectivity index (χ0n) is 11.1. The van der Waals surface area contributed by atoms with Crippen LogP contribution in [0.4, 0.5) is 8.78 Å². The molecule has 0 aliphatic rings. The number of hydrogen-bond acceptors (Lipinski definition) is 2. The first kappa shape index (κ1) is 14.8. The summed E-state index contributed by atoms with van der Waals surface area (Å²) >= 11 is 3.41. The molecule has 0 N–H and O–H groups in total. The number of halogens is 3. The Hall–Kier alpha value is -1.56. The van der Waals surface area contributed by atoms with Gasteiger partial charge in [0.25, 0.3) is 0 Å². The van der Waals surface area contributed by atoms with E-state index in [9.17, 15) is 13.6 Å². The first-order valence-corrected chi connectivity index (χ1v) is 6.91. The first-order valence-electron chi connectivity index (χ1n) is 6.12. The number of aromatic nitrogens is 2. The summed E-state index contributed by atoms with van der Waals surface area (Å²) in [6.07, 6.45) is 0.768. The third-order valence-electron chi connectivity index (χ3n) is 3.02. The second-order valence-electron chi connectivity index (χ2n) is 4.44. The molecule has 6 heteroatoms. The molecular weight excluding hydrogens is 330 g/mol. The number of hydrogen-bond donors (Lipinski definition) is 0. The van der Waals surface area contributed by atoms with Gasteiger partial charge in [-0.2, -0.15) is 5.10 Å². The highest BCUT2D eigenvalue weighted by Gasteiger charge is 2.17. The standard InChI is InChI=1S/C14H13BrF2N2O/c1-3-11-14(15)12(19(2)18-11)7-13(20)8-4-9(16)6-10(17)5-8/h4-6H,3,7H2,1-2H3. The van der Waals surface area contributed by atoms with Gasteiger partial charge in [0.15, 0.2) is 5.78 Å². The van der Waals surface area contributed by atoms with Gasteiger partial charge in [-0.05, 0) is 34.5 Å². The van der Waals surface area contributed by atoms with Gasteiger partial charge in [-0.1, -0.05) is 6.92 Å². The Morgan fingerprint density at radius 1 is 1.30 bits per heavy atom. The van der Waals surface area contributed by atoms with Crippen molar-refractivity contribution in [3.63, 3.8) is 0 Å². The number of aryl methyl sites for hydroxylation is 2. The lowest BCUT2D eigenvalue weighted by molar-refractivity contribution is 0.0989. The molecule has 3 nitrogen and oxygen atoms in total. The zero-order valence-corrected chi connectivity index (χ0v) is 12.7. The fourth-order valence-corrected chi connectivity index (χ4v) is 2.74. The summed E-state index contributed by atoms with van der Waals surface area (Å²) in [5, 5.41) is 4.28. The van der Waals surface area contributed by atoms with Crippen LogP contribution in [0.25, 0.3) is 0 Å². The summed E-state index contributed by atoms with van der Waals surface area (Å²) in [7, 11) is 1.73. The Bertz CT molecular complexity index is 647. The van der Waals surface area contributed by atoms with E-state index in [1.807, 2.05) is 6.92 Å². The molecule has 1 aromatic heterocycles. The van der Waals surface area contributed by atoms with Crippen molar-refractivity contribution in [3.8, 4) is 0 Å². The molecular formula is C14H13BrF2N2O.